The van der Waals surface area contributed by atoms with Gasteiger partial charge in [0.15, 0.2) is 4.64 Å². The van der Waals surface area contributed by atoms with E-state index in [1.807, 2.05) is 18.5 Å². The first kappa shape index (κ1) is 7.42. The van der Waals surface area contributed by atoms with Crippen LogP contribution in [0.5, 0.6) is 0 Å². The first-order valence-electron chi connectivity index (χ1n) is 3.57. The second-order valence-corrected chi connectivity index (χ2v) is 3.01. The van der Waals surface area contributed by atoms with Gasteiger partial charge in [-0.25, -0.2) is 9.97 Å². The van der Waals surface area contributed by atoms with Gasteiger partial charge in [0.25, 0.3) is 0 Å². The number of aromatic amines is 1. The smallest absolute Gasteiger partial charge is 0.157 e. The summed E-state index contributed by atoms with van der Waals surface area (Å²) in [7, 11) is 1.94. The fourth-order valence-corrected chi connectivity index (χ4v) is 1.33. The maximum absolute atomic E-state index is 5.02. The van der Waals surface area contributed by atoms with Gasteiger partial charge in [0.1, 0.15) is 17.0 Å². The largest absolute Gasteiger partial charge is 0.331 e. The molecule has 0 aliphatic carbocycles. The van der Waals surface area contributed by atoms with Crippen LogP contribution in [0.1, 0.15) is 5.82 Å². The van der Waals surface area contributed by atoms with Crippen LogP contribution in [0.25, 0.3) is 11.2 Å². The number of fused-ring (bicyclic) bond motifs is 1. The molecule has 2 aromatic rings. The molecule has 0 aliphatic rings. The van der Waals surface area contributed by atoms with Gasteiger partial charge >= 0.3 is 0 Å². The van der Waals surface area contributed by atoms with Gasteiger partial charge in [-0.2, -0.15) is 0 Å². The van der Waals surface area contributed by atoms with Gasteiger partial charge in [-0.3, -0.25) is 0 Å². The lowest BCUT2D eigenvalue weighted by atomic mass is 10.6. The molecular formula is C7H8N4S. The number of rotatable bonds is 0. The minimum absolute atomic E-state index is 0.549. The van der Waals surface area contributed by atoms with Crippen LogP contribution in [-0.4, -0.2) is 19.5 Å². The maximum atomic E-state index is 5.02. The number of hydrogen-bond donors (Lipinski definition) is 1. The lowest BCUT2D eigenvalue weighted by Crippen LogP contribution is -1.92. The standard InChI is InChI=1S/C7H8N4S/c1-4-10-5-6(11(4)2)8-3-9-7(5)12/h3H,1-2H3,(H,8,9,12). The Kier molecular flexibility index (Phi) is 1.47. The molecule has 62 valence electrons. The molecule has 0 spiro atoms. The summed E-state index contributed by atoms with van der Waals surface area (Å²) < 4.78 is 2.50. The Bertz CT molecular complexity index is 482. The molecule has 1 N–H and O–H groups in total. The van der Waals surface area contributed by atoms with Crippen molar-refractivity contribution in [2.75, 3.05) is 0 Å². The summed E-state index contributed by atoms with van der Waals surface area (Å²) in [5.74, 6) is 0.931. The number of aromatic nitrogens is 4. The fraction of sp³-hybridized carbons (Fsp3) is 0.286. The zero-order chi connectivity index (χ0) is 8.72. The van der Waals surface area contributed by atoms with Gasteiger partial charge in [0, 0.05) is 7.05 Å². The van der Waals surface area contributed by atoms with E-state index in [0.29, 0.717) is 4.64 Å². The summed E-state index contributed by atoms with van der Waals surface area (Å²) in [6.45, 7) is 1.93. The number of imidazole rings is 1. The average molecular weight is 180 g/mol. The van der Waals surface area contributed by atoms with E-state index in [-0.39, 0.29) is 0 Å². The molecule has 2 rings (SSSR count). The Hall–Kier alpha value is -1.23. The second-order valence-electron chi connectivity index (χ2n) is 2.62. The lowest BCUT2D eigenvalue weighted by molar-refractivity contribution is 0.872. The highest BCUT2D eigenvalue weighted by Gasteiger charge is 2.04. The minimum Gasteiger partial charge on any atom is -0.331 e. The summed E-state index contributed by atoms with van der Waals surface area (Å²) in [5.41, 5.74) is 1.69. The SMILES string of the molecule is Cc1nc2c(=S)nc[nH]c2n1C. The highest BCUT2D eigenvalue weighted by molar-refractivity contribution is 7.71. The minimum atomic E-state index is 0.549. The van der Waals surface area contributed by atoms with Crippen LogP contribution in [0.15, 0.2) is 6.33 Å². The molecule has 0 atom stereocenters. The van der Waals surface area contributed by atoms with Crippen LogP contribution in [0.3, 0.4) is 0 Å². The molecule has 0 aromatic carbocycles. The van der Waals surface area contributed by atoms with Crippen molar-refractivity contribution in [3.8, 4) is 0 Å². The van der Waals surface area contributed by atoms with Gasteiger partial charge < -0.3 is 9.55 Å². The van der Waals surface area contributed by atoms with Crippen LogP contribution in [0.2, 0.25) is 0 Å². The van der Waals surface area contributed by atoms with Gasteiger partial charge in [-0.1, -0.05) is 12.2 Å². The number of nitrogens with one attached hydrogen (secondary N) is 1. The van der Waals surface area contributed by atoms with E-state index in [9.17, 15) is 0 Å². The third kappa shape index (κ3) is 0.863. The first-order chi connectivity index (χ1) is 5.70. The average Bonchev–Trinajstić information content (AvgIpc) is 2.32. The zero-order valence-corrected chi connectivity index (χ0v) is 7.64. The summed E-state index contributed by atoms with van der Waals surface area (Å²) >= 11 is 5.02. The predicted molar refractivity (Wildman–Crippen MR) is 48.4 cm³/mol. The van der Waals surface area contributed by atoms with Gasteiger partial charge in [-0.05, 0) is 6.92 Å². The number of aryl methyl sites for hydroxylation is 2. The molecule has 0 aliphatic heterocycles. The van der Waals surface area contributed by atoms with Crippen LogP contribution in [0.4, 0.5) is 0 Å². The van der Waals surface area contributed by atoms with E-state index >= 15 is 0 Å². The Morgan fingerprint density at radius 2 is 2.33 bits per heavy atom. The molecule has 0 radical (unpaired) electrons. The van der Waals surface area contributed by atoms with Gasteiger partial charge in [0.05, 0.1) is 6.33 Å². The van der Waals surface area contributed by atoms with Crippen molar-refractivity contribution in [2.24, 2.45) is 7.05 Å². The third-order valence-corrected chi connectivity index (χ3v) is 2.20. The first-order valence-corrected chi connectivity index (χ1v) is 3.97. The van der Waals surface area contributed by atoms with E-state index in [2.05, 4.69) is 15.0 Å². The van der Waals surface area contributed by atoms with Crippen molar-refractivity contribution in [3.63, 3.8) is 0 Å². The third-order valence-electron chi connectivity index (χ3n) is 1.90. The van der Waals surface area contributed by atoms with Crippen LogP contribution >= 0.6 is 12.2 Å². The molecule has 2 aromatic heterocycles. The van der Waals surface area contributed by atoms with Crippen LogP contribution in [0, 0.1) is 11.6 Å². The summed E-state index contributed by atoms with van der Waals surface area (Å²) in [4.78, 5) is 11.2. The number of nitrogens with zero attached hydrogens (tertiary/aromatic N) is 3. The topological polar surface area (TPSA) is 46.5 Å². The highest BCUT2D eigenvalue weighted by atomic mass is 32.1. The van der Waals surface area contributed by atoms with E-state index in [0.717, 1.165) is 17.0 Å². The number of H-pyrrole nitrogens is 1. The predicted octanol–water partition coefficient (Wildman–Crippen LogP) is 1.33. The Balaban J connectivity index is 3.05. The molecule has 0 unspecified atom stereocenters. The van der Waals surface area contributed by atoms with Crippen molar-refractivity contribution >= 4 is 23.4 Å². The molecule has 5 heteroatoms. The molecular weight excluding hydrogens is 172 g/mol. The highest BCUT2D eigenvalue weighted by Crippen LogP contribution is 2.10. The molecule has 0 amide bonds. The van der Waals surface area contributed by atoms with Crippen molar-refractivity contribution < 1.29 is 0 Å². The molecule has 0 saturated carbocycles. The Morgan fingerprint density at radius 3 is 3.00 bits per heavy atom. The fourth-order valence-electron chi connectivity index (χ4n) is 1.14. The van der Waals surface area contributed by atoms with Gasteiger partial charge in [-0.15, -0.1) is 0 Å². The normalized spacial score (nSPS) is 10.8. The Morgan fingerprint density at radius 1 is 1.58 bits per heavy atom. The number of hydrogen-bond acceptors (Lipinski definition) is 3. The van der Waals surface area contributed by atoms with Crippen molar-refractivity contribution in [2.45, 2.75) is 6.92 Å². The second kappa shape index (κ2) is 2.38. The Labute approximate surface area is 74.3 Å². The van der Waals surface area contributed by atoms with Crippen molar-refractivity contribution in [3.05, 3.63) is 16.8 Å². The van der Waals surface area contributed by atoms with Crippen molar-refractivity contribution in [1.82, 2.24) is 19.5 Å². The summed E-state index contributed by atoms with van der Waals surface area (Å²) in [6.07, 6.45) is 1.59. The van der Waals surface area contributed by atoms with E-state index in [1.165, 1.54) is 0 Å². The molecule has 4 nitrogen and oxygen atoms in total. The van der Waals surface area contributed by atoms with Gasteiger partial charge in [0.2, 0.25) is 0 Å². The maximum Gasteiger partial charge on any atom is 0.157 e. The molecule has 2 heterocycles. The van der Waals surface area contributed by atoms with E-state index < -0.39 is 0 Å². The molecule has 0 saturated heterocycles. The lowest BCUT2D eigenvalue weighted by Gasteiger charge is -1.94. The van der Waals surface area contributed by atoms with Crippen molar-refractivity contribution in [1.29, 1.82) is 0 Å². The van der Waals surface area contributed by atoms with Crippen LogP contribution in [-0.2, 0) is 7.05 Å². The van der Waals surface area contributed by atoms with E-state index in [1.54, 1.807) is 6.33 Å². The molecule has 12 heavy (non-hydrogen) atoms. The monoisotopic (exact) mass is 180 g/mol. The molecule has 0 fully saturated rings. The quantitative estimate of drug-likeness (QED) is 0.622. The molecule has 0 bridgehead atoms. The van der Waals surface area contributed by atoms with Crippen LogP contribution < -0.4 is 0 Å². The summed E-state index contributed by atoms with van der Waals surface area (Å²) in [6, 6.07) is 0. The summed E-state index contributed by atoms with van der Waals surface area (Å²) in [5, 5.41) is 0. The van der Waals surface area contributed by atoms with E-state index in [4.69, 9.17) is 12.2 Å². The zero-order valence-electron chi connectivity index (χ0n) is 6.83.